The first kappa shape index (κ1) is 17.2. The fraction of sp³-hybridized carbons (Fsp3) is 0.500. The summed E-state index contributed by atoms with van der Waals surface area (Å²) in [7, 11) is 0. The zero-order valence-corrected chi connectivity index (χ0v) is 7.93. The molecular formula is C4H7ClMgN2O3. The van der Waals surface area contributed by atoms with Crippen molar-refractivity contribution in [1.82, 2.24) is 0 Å². The summed E-state index contributed by atoms with van der Waals surface area (Å²) >= 11 is 0. The molecule has 1 unspecified atom stereocenters. The molecule has 0 rings (SSSR count). The van der Waals surface area contributed by atoms with Crippen molar-refractivity contribution in [2.45, 2.75) is 12.5 Å². The molecule has 0 spiro atoms. The Labute approximate surface area is 86.0 Å². The third-order valence-electron chi connectivity index (χ3n) is 0.708. The van der Waals surface area contributed by atoms with Crippen molar-refractivity contribution in [1.29, 1.82) is 5.41 Å². The van der Waals surface area contributed by atoms with Crippen LogP contribution in [0, 0.1) is 5.41 Å². The van der Waals surface area contributed by atoms with Crippen LogP contribution in [0.5, 0.6) is 0 Å². The first-order chi connectivity index (χ1) is 4.04. The number of aliphatic carboxylic acids is 1. The topological polar surface area (TPSA) is 113 Å². The maximum atomic E-state index is 9.85. The molecule has 0 radical (unpaired) electrons. The van der Waals surface area contributed by atoms with E-state index in [0.29, 0.717) is 0 Å². The molecule has 1 atom stereocenters. The van der Waals surface area contributed by atoms with Gasteiger partial charge in [0.15, 0.2) is 0 Å². The molecule has 0 aromatic heterocycles. The molecule has 0 aliphatic heterocycles. The minimum atomic E-state index is -1.50. The van der Waals surface area contributed by atoms with Crippen LogP contribution >= 0.6 is 12.4 Å². The van der Waals surface area contributed by atoms with E-state index < -0.39 is 24.3 Å². The number of hydrogen-bond acceptors (Lipinski definition) is 5. The van der Waals surface area contributed by atoms with E-state index in [4.69, 9.17) is 11.1 Å². The molecule has 0 aromatic rings. The van der Waals surface area contributed by atoms with Gasteiger partial charge in [-0.2, -0.15) is 0 Å². The Balaban J connectivity index is -0.000000320. The van der Waals surface area contributed by atoms with Crippen LogP contribution in [0.2, 0.25) is 0 Å². The standard InChI is InChI=1S/C4H8N2O3.ClH.Mg/c5-2(4(8)9)1-3(6)7;;/h2H,1,5H2,(H2,6,7)(H,8,9);1H;/q;;+2/p-2. The molecule has 5 nitrogen and oxygen atoms in total. The summed E-state index contributed by atoms with van der Waals surface area (Å²) in [6, 6.07) is -1.34. The van der Waals surface area contributed by atoms with Crippen molar-refractivity contribution in [3.05, 3.63) is 0 Å². The maximum Gasteiger partial charge on any atom is 2.00 e. The Kier molecular flexibility index (Phi) is 12.6. The van der Waals surface area contributed by atoms with Gasteiger partial charge in [0.2, 0.25) is 0 Å². The Hall–Kier alpha value is -0.0438. The van der Waals surface area contributed by atoms with E-state index in [2.05, 4.69) is 0 Å². The van der Waals surface area contributed by atoms with Crippen LogP contribution in [0.25, 0.3) is 0 Å². The van der Waals surface area contributed by atoms with Crippen LogP contribution in [-0.4, -0.2) is 41.0 Å². The molecule has 0 aliphatic carbocycles. The van der Waals surface area contributed by atoms with E-state index >= 15 is 0 Å². The predicted octanol–water partition coefficient (Wildman–Crippen LogP) is -3.17. The van der Waals surface area contributed by atoms with Crippen molar-refractivity contribution in [3.8, 4) is 0 Å². The summed E-state index contributed by atoms with van der Waals surface area (Å²) in [5.74, 6) is -2.50. The van der Waals surface area contributed by atoms with E-state index in [1.54, 1.807) is 0 Å². The number of nitrogens with one attached hydrogen (secondary N) is 1. The minimum Gasteiger partial charge on any atom is -0.862 e. The summed E-state index contributed by atoms with van der Waals surface area (Å²) < 4.78 is 0. The number of carboxylic acid groups (broad SMARTS) is 1. The van der Waals surface area contributed by atoms with Gasteiger partial charge in [0.1, 0.15) is 0 Å². The van der Waals surface area contributed by atoms with E-state index in [0.717, 1.165) is 0 Å². The number of carbonyl (C=O) groups is 1. The van der Waals surface area contributed by atoms with Crippen LogP contribution in [0.1, 0.15) is 6.42 Å². The van der Waals surface area contributed by atoms with E-state index in [-0.39, 0.29) is 35.5 Å². The largest absolute Gasteiger partial charge is 2.00 e. The van der Waals surface area contributed by atoms with Gasteiger partial charge in [-0.15, -0.1) is 12.4 Å². The normalized spacial score (nSPS) is 10.3. The monoisotopic (exact) mass is 190 g/mol. The zero-order chi connectivity index (χ0) is 7.44. The number of nitrogens with two attached hydrogens (primary N) is 1. The van der Waals surface area contributed by atoms with Gasteiger partial charge < -0.3 is 26.2 Å². The summed E-state index contributed by atoms with van der Waals surface area (Å²) in [5, 5.41) is 25.9. The maximum absolute atomic E-state index is 9.85. The second-order valence-corrected chi connectivity index (χ2v) is 1.55. The molecule has 0 fully saturated rings. The Morgan fingerprint density at radius 2 is 1.91 bits per heavy atom. The number of hydrogen-bond donors (Lipinski definition) is 2. The molecule has 3 N–H and O–H groups in total. The third-order valence-corrected chi connectivity index (χ3v) is 0.708. The molecular weight excluding hydrogens is 184 g/mol. The van der Waals surface area contributed by atoms with E-state index in [1.807, 2.05) is 0 Å². The molecule has 0 amide bonds. The number of carboxylic acids is 1. The SMILES string of the molecule is Cl.N=C([O-])CC(N)C(=O)[O-].[Mg+2]. The molecule has 0 heterocycles. The first-order valence-electron chi connectivity index (χ1n) is 2.25. The predicted molar refractivity (Wildman–Crippen MR) is 38.3 cm³/mol. The zero-order valence-electron chi connectivity index (χ0n) is 5.70. The van der Waals surface area contributed by atoms with Crippen molar-refractivity contribution >= 4 is 47.3 Å². The van der Waals surface area contributed by atoms with Crippen LogP contribution in [0.15, 0.2) is 0 Å². The number of carbonyl (C=O) groups excluding carboxylic acids is 1. The van der Waals surface area contributed by atoms with Gasteiger partial charge >= 0.3 is 23.1 Å². The molecule has 0 saturated heterocycles. The molecule has 11 heavy (non-hydrogen) atoms. The fourth-order valence-electron chi connectivity index (χ4n) is 0.283. The van der Waals surface area contributed by atoms with Gasteiger partial charge in [-0.05, 0) is 12.3 Å². The van der Waals surface area contributed by atoms with Crippen LogP contribution < -0.4 is 15.9 Å². The summed E-state index contributed by atoms with van der Waals surface area (Å²) in [5.41, 5.74) is 4.81. The average molecular weight is 191 g/mol. The minimum absolute atomic E-state index is 0. The second-order valence-electron chi connectivity index (χ2n) is 1.55. The van der Waals surface area contributed by atoms with Gasteiger partial charge in [-0.3, -0.25) is 0 Å². The van der Waals surface area contributed by atoms with Crippen molar-refractivity contribution in [2.75, 3.05) is 0 Å². The number of rotatable bonds is 3. The van der Waals surface area contributed by atoms with Crippen molar-refractivity contribution < 1.29 is 15.0 Å². The quantitative estimate of drug-likeness (QED) is 0.278. The second kappa shape index (κ2) is 8.06. The van der Waals surface area contributed by atoms with Gasteiger partial charge in [-0.1, -0.05) is 0 Å². The van der Waals surface area contributed by atoms with Gasteiger partial charge in [0.25, 0.3) is 0 Å². The van der Waals surface area contributed by atoms with Gasteiger partial charge in [0, 0.05) is 6.04 Å². The Morgan fingerprint density at radius 1 is 1.55 bits per heavy atom. The summed E-state index contributed by atoms with van der Waals surface area (Å²) in [4.78, 5) is 9.76. The fourth-order valence-corrected chi connectivity index (χ4v) is 0.283. The van der Waals surface area contributed by atoms with Crippen LogP contribution in [-0.2, 0) is 4.79 Å². The first-order valence-corrected chi connectivity index (χ1v) is 2.25. The van der Waals surface area contributed by atoms with Crippen molar-refractivity contribution in [3.63, 3.8) is 0 Å². The number of halogens is 1. The summed E-state index contributed by atoms with van der Waals surface area (Å²) in [6.45, 7) is 0. The van der Waals surface area contributed by atoms with Gasteiger partial charge in [0.05, 0.1) is 5.97 Å². The Bertz CT molecular complexity index is 143. The molecule has 0 aromatic carbocycles. The molecule has 7 heteroatoms. The molecule has 0 bridgehead atoms. The third kappa shape index (κ3) is 9.96. The van der Waals surface area contributed by atoms with Crippen LogP contribution in [0.4, 0.5) is 0 Å². The molecule has 60 valence electrons. The van der Waals surface area contributed by atoms with E-state index in [1.165, 1.54) is 0 Å². The average Bonchev–Trinajstić information content (AvgIpc) is 1.63. The van der Waals surface area contributed by atoms with Crippen LogP contribution in [0.3, 0.4) is 0 Å². The van der Waals surface area contributed by atoms with Gasteiger partial charge in [-0.25, -0.2) is 0 Å². The van der Waals surface area contributed by atoms with Crippen molar-refractivity contribution in [2.24, 2.45) is 5.73 Å². The van der Waals surface area contributed by atoms with E-state index in [9.17, 15) is 15.0 Å². The molecule has 0 aliphatic rings. The smallest absolute Gasteiger partial charge is 0.862 e. The summed E-state index contributed by atoms with van der Waals surface area (Å²) in [6.07, 6.45) is -0.484. The molecule has 0 saturated carbocycles. The Morgan fingerprint density at radius 3 is 2.00 bits per heavy atom.